The molecule has 2 rings (SSSR count). The number of carbonyl (C=O) groups is 2. The smallest absolute Gasteiger partial charge is 0.262 e. The summed E-state index contributed by atoms with van der Waals surface area (Å²) < 4.78 is 5.46. The molecule has 0 unspecified atom stereocenters. The van der Waals surface area contributed by atoms with Gasteiger partial charge < -0.3 is 15.0 Å². The van der Waals surface area contributed by atoms with E-state index in [2.05, 4.69) is 5.32 Å². The molecule has 0 saturated heterocycles. The molecule has 0 aromatic heterocycles. The average molecular weight is 312 g/mol. The van der Waals surface area contributed by atoms with Crippen molar-refractivity contribution in [2.24, 2.45) is 0 Å². The van der Waals surface area contributed by atoms with E-state index in [0.29, 0.717) is 17.0 Å². The second-order valence-electron chi connectivity index (χ2n) is 5.40. The van der Waals surface area contributed by atoms with Gasteiger partial charge in [-0.1, -0.05) is 24.3 Å². The van der Waals surface area contributed by atoms with Gasteiger partial charge in [0.2, 0.25) is 0 Å². The maximum atomic E-state index is 12.1. The van der Waals surface area contributed by atoms with Gasteiger partial charge in [0.25, 0.3) is 11.8 Å². The third-order valence-corrected chi connectivity index (χ3v) is 3.20. The standard InChI is InChI=1S/C18H20N2O3/c1-13-7-6-8-14(11-13)23-12-17(21)19-16-10-5-4-9-15(16)18(22)20(2)3/h4-11H,12H2,1-3H3,(H,19,21). The number of anilines is 1. The first-order chi connectivity index (χ1) is 11.0. The number of rotatable bonds is 5. The second-order valence-corrected chi connectivity index (χ2v) is 5.40. The lowest BCUT2D eigenvalue weighted by Gasteiger charge is -2.15. The first-order valence-electron chi connectivity index (χ1n) is 7.27. The minimum atomic E-state index is -0.314. The topological polar surface area (TPSA) is 58.6 Å². The number of hydrogen-bond acceptors (Lipinski definition) is 3. The summed E-state index contributed by atoms with van der Waals surface area (Å²) >= 11 is 0. The average Bonchev–Trinajstić information content (AvgIpc) is 2.53. The summed E-state index contributed by atoms with van der Waals surface area (Å²) in [6, 6.07) is 14.4. The van der Waals surface area contributed by atoms with E-state index in [1.165, 1.54) is 4.90 Å². The van der Waals surface area contributed by atoms with Crippen LogP contribution in [0.15, 0.2) is 48.5 Å². The van der Waals surface area contributed by atoms with E-state index >= 15 is 0 Å². The molecule has 0 aliphatic carbocycles. The molecule has 120 valence electrons. The van der Waals surface area contributed by atoms with Crippen molar-refractivity contribution in [2.45, 2.75) is 6.92 Å². The largest absolute Gasteiger partial charge is 0.484 e. The molecule has 0 radical (unpaired) electrons. The third-order valence-electron chi connectivity index (χ3n) is 3.20. The van der Waals surface area contributed by atoms with Crippen LogP contribution in [-0.4, -0.2) is 37.4 Å². The number of carbonyl (C=O) groups excluding carboxylic acids is 2. The maximum absolute atomic E-state index is 12.1. The fourth-order valence-electron chi connectivity index (χ4n) is 2.06. The minimum Gasteiger partial charge on any atom is -0.484 e. The Balaban J connectivity index is 2.02. The van der Waals surface area contributed by atoms with Crippen LogP contribution in [0.4, 0.5) is 5.69 Å². The lowest BCUT2D eigenvalue weighted by Crippen LogP contribution is -2.25. The summed E-state index contributed by atoms with van der Waals surface area (Å²) in [5.41, 5.74) is 1.98. The third kappa shape index (κ3) is 4.57. The molecule has 0 aliphatic heterocycles. The fourth-order valence-corrected chi connectivity index (χ4v) is 2.06. The first-order valence-corrected chi connectivity index (χ1v) is 7.27. The van der Waals surface area contributed by atoms with Gasteiger partial charge in [0.05, 0.1) is 11.3 Å². The van der Waals surface area contributed by atoms with E-state index in [1.807, 2.05) is 25.1 Å². The molecule has 0 heterocycles. The molecule has 5 heteroatoms. The number of ether oxygens (including phenoxy) is 1. The van der Waals surface area contributed by atoms with Gasteiger partial charge in [0.15, 0.2) is 6.61 Å². The predicted octanol–water partition coefficient (Wildman–Crippen LogP) is 2.71. The maximum Gasteiger partial charge on any atom is 0.262 e. The van der Waals surface area contributed by atoms with Crippen LogP contribution in [0.1, 0.15) is 15.9 Å². The molecule has 0 fully saturated rings. The van der Waals surface area contributed by atoms with E-state index in [9.17, 15) is 9.59 Å². The highest BCUT2D eigenvalue weighted by molar-refractivity contribution is 6.03. The fraction of sp³-hybridized carbons (Fsp3) is 0.222. The molecule has 0 saturated carbocycles. The van der Waals surface area contributed by atoms with Crippen molar-refractivity contribution in [3.8, 4) is 5.75 Å². The molecule has 0 spiro atoms. The number of nitrogens with one attached hydrogen (secondary N) is 1. The van der Waals surface area contributed by atoms with Crippen molar-refractivity contribution in [1.29, 1.82) is 0 Å². The Morgan fingerprint density at radius 3 is 2.52 bits per heavy atom. The van der Waals surface area contributed by atoms with Crippen LogP contribution in [-0.2, 0) is 4.79 Å². The minimum absolute atomic E-state index is 0.117. The molecule has 0 atom stereocenters. The van der Waals surface area contributed by atoms with Crippen molar-refractivity contribution >= 4 is 17.5 Å². The summed E-state index contributed by atoms with van der Waals surface area (Å²) in [4.78, 5) is 25.6. The molecule has 1 N–H and O–H groups in total. The van der Waals surface area contributed by atoms with E-state index in [4.69, 9.17) is 4.74 Å². The molecule has 0 bridgehead atoms. The van der Waals surface area contributed by atoms with Crippen LogP contribution in [0.2, 0.25) is 0 Å². The summed E-state index contributed by atoms with van der Waals surface area (Å²) in [5, 5.41) is 2.72. The van der Waals surface area contributed by atoms with E-state index in [0.717, 1.165) is 5.56 Å². The predicted molar refractivity (Wildman–Crippen MR) is 89.8 cm³/mol. The summed E-state index contributed by atoms with van der Waals surface area (Å²) in [7, 11) is 3.34. The van der Waals surface area contributed by atoms with Crippen LogP contribution in [0.5, 0.6) is 5.75 Å². The Bertz CT molecular complexity index is 711. The molecule has 2 aromatic rings. The van der Waals surface area contributed by atoms with Crippen LogP contribution < -0.4 is 10.1 Å². The van der Waals surface area contributed by atoms with E-state index in [1.54, 1.807) is 44.4 Å². The molecule has 2 amide bonds. The Morgan fingerprint density at radius 2 is 1.83 bits per heavy atom. The highest BCUT2D eigenvalue weighted by atomic mass is 16.5. The van der Waals surface area contributed by atoms with Gasteiger partial charge in [0, 0.05) is 14.1 Å². The lowest BCUT2D eigenvalue weighted by molar-refractivity contribution is -0.118. The quantitative estimate of drug-likeness (QED) is 0.923. The van der Waals surface area contributed by atoms with Gasteiger partial charge >= 0.3 is 0 Å². The summed E-state index contributed by atoms with van der Waals surface area (Å²) in [6.07, 6.45) is 0. The normalized spacial score (nSPS) is 10.0. The second kappa shape index (κ2) is 7.45. The Kier molecular flexibility index (Phi) is 5.36. The van der Waals surface area contributed by atoms with Crippen molar-refractivity contribution in [3.05, 3.63) is 59.7 Å². The van der Waals surface area contributed by atoms with Crippen LogP contribution in [0, 0.1) is 6.92 Å². The van der Waals surface area contributed by atoms with Gasteiger partial charge in [-0.05, 0) is 36.8 Å². The number of para-hydroxylation sites is 1. The van der Waals surface area contributed by atoms with Gasteiger partial charge in [-0.2, -0.15) is 0 Å². The van der Waals surface area contributed by atoms with Crippen LogP contribution in [0.3, 0.4) is 0 Å². The highest BCUT2D eigenvalue weighted by Gasteiger charge is 2.14. The Labute approximate surface area is 135 Å². The number of nitrogens with zero attached hydrogens (tertiary/aromatic N) is 1. The molecular weight excluding hydrogens is 292 g/mol. The lowest BCUT2D eigenvalue weighted by atomic mass is 10.1. The number of benzene rings is 2. The number of aryl methyl sites for hydroxylation is 1. The van der Waals surface area contributed by atoms with Gasteiger partial charge in [0.1, 0.15) is 5.75 Å². The molecule has 5 nitrogen and oxygen atoms in total. The van der Waals surface area contributed by atoms with E-state index in [-0.39, 0.29) is 18.4 Å². The van der Waals surface area contributed by atoms with Gasteiger partial charge in [-0.15, -0.1) is 0 Å². The SMILES string of the molecule is Cc1cccc(OCC(=O)Nc2ccccc2C(=O)N(C)C)c1. The van der Waals surface area contributed by atoms with Crippen molar-refractivity contribution in [2.75, 3.05) is 26.0 Å². The number of amides is 2. The zero-order valence-corrected chi connectivity index (χ0v) is 13.5. The van der Waals surface area contributed by atoms with Crippen molar-refractivity contribution in [1.82, 2.24) is 4.90 Å². The zero-order chi connectivity index (χ0) is 16.8. The molecular formula is C18H20N2O3. The van der Waals surface area contributed by atoms with Crippen LogP contribution in [0.25, 0.3) is 0 Å². The number of hydrogen-bond donors (Lipinski definition) is 1. The van der Waals surface area contributed by atoms with E-state index < -0.39 is 0 Å². The van der Waals surface area contributed by atoms with Gasteiger partial charge in [-0.3, -0.25) is 9.59 Å². The monoisotopic (exact) mass is 312 g/mol. The molecule has 2 aromatic carbocycles. The summed E-state index contributed by atoms with van der Waals surface area (Å²) in [5.74, 6) is 0.156. The molecule has 0 aliphatic rings. The summed E-state index contributed by atoms with van der Waals surface area (Å²) in [6.45, 7) is 1.84. The van der Waals surface area contributed by atoms with Crippen molar-refractivity contribution in [3.63, 3.8) is 0 Å². The molecule has 23 heavy (non-hydrogen) atoms. The Morgan fingerprint density at radius 1 is 1.09 bits per heavy atom. The van der Waals surface area contributed by atoms with Crippen LogP contribution >= 0.6 is 0 Å². The first kappa shape index (κ1) is 16.5. The Hall–Kier alpha value is -2.82. The zero-order valence-electron chi connectivity index (χ0n) is 13.5. The van der Waals surface area contributed by atoms with Crippen molar-refractivity contribution < 1.29 is 14.3 Å². The highest BCUT2D eigenvalue weighted by Crippen LogP contribution is 2.17. The van der Waals surface area contributed by atoms with Gasteiger partial charge in [-0.25, -0.2) is 0 Å².